The molecule has 76 valence electrons. The minimum atomic E-state index is -0.0955. The summed E-state index contributed by atoms with van der Waals surface area (Å²) < 4.78 is 5.02. The number of nitrogens with two attached hydrogens (primary N) is 1. The largest absolute Gasteiger partial charge is 0.459 e. The molecule has 2 rings (SSSR count). The van der Waals surface area contributed by atoms with Crippen molar-refractivity contribution in [3.63, 3.8) is 0 Å². The fourth-order valence-corrected chi connectivity index (χ4v) is 1.74. The maximum absolute atomic E-state index is 11.6. The predicted molar refractivity (Wildman–Crippen MR) is 50.9 cm³/mol. The van der Waals surface area contributed by atoms with Gasteiger partial charge in [-0.25, -0.2) is 0 Å². The van der Waals surface area contributed by atoms with Crippen molar-refractivity contribution in [1.82, 2.24) is 5.32 Å². The Kier molecular flexibility index (Phi) is 2.84. The van der Waals surface area contributed by atoms with Crippen LogP contribution in [0.15, 0.2) is 22.8 Å². The van der Waals surface area contributed by atoms with Gasteiger partial charge in [0.05, 0.1) is 19.4 Å². The van der Waals surface area contributed by atoms with E-state index in [1.54, 1.807) is 12.1 Å². The summed E-state index contributed by atoms with van der Waals surface area (Å²) in [5, 5.41) is 5.24. The number of quaternary nitrogens is 1. The number of amides is 1. The maximum Gasteiger partial charge on any atom is 0.287 e. The number of carbonyl (C=O) groups is 1. The van der Waals surface area contributed by atoms with E-state index in [2.05, 4.69) is 10.6 Å². The van der Waals surface area contributed by atoms with Crippen LogP contribution in [-0.2, 0) is 0 Å². The lowest BCUT2D eigenvalue weighted by atomic mass is 10.1. The molecule has 0 unspecified atom stereocenters. The average Bonchev–Trinajstić information content (AvgIpc) is 2.72. The molecular weight excluding hydrogens is 180 g/mol. The van der Waals surface area contributed by atoms with Gasteiger partial charge < -0.3 is 15.1 Å². The number of rotatable bonds is 2. The van der Waals surface area contributed by atoms with Crippen molar-refractivity contribution in [3.8, 4) is 0 Å². The van der Waals surface area contributed by atoms with E-state index in [4.69, 9.17) is 4.42 Å². The average molecular weight is 195 g/mol. The molecule has 0 radical (unpaired) electrons. The van der Waals surface area contributed by atoms with E-state index in [0.717, 1.165) is 25.9 Å². The van der Waals surface area contributed by atoms with E-state index >= 15 is 0 Å². The van der Waals surface area contributed by atoms with Crippen LogP contribution in [0.25, 0.3) is 0 Å². The van der Waals surface area contributed by atoms with Gasteiger partial charge in [0, 0.05) is 18.9 Å². The lowest BCUT2D eigenvalue weighted by Crippen LogP contribution is -2.87. The van der Waals surface area contributed by atoms with Crippen LogP contribution in [0.5, 0.6) is 0 Å². The van der Waals surface area contributed by atoms with Crippen LogP contribution in [0.1, 0.15) is 23.4 Å². The van der Waals surface area contributed by atoms with E-state index in [-0.39, 0.29) is 5.91 Å². The van der Waals surface area contributed by atoms with Gasteiger partial charge in [-0.05, 0) is 12.1 Å². The normalized spacial score (nSPS) is 18.0. The summed E-state index contributed by atoms with van der Waals surface area (Å²) in [5.74, 6) is 0.307. The van der Waals surface area contributed by atoms with Crippen molar-refractivity contribution < 1.29 is 14.5 Å². The summed E-state index contributed by atoms with van der Waals surface area (Å²) >= 11 is 0. The number of furan rings is 1. The van der Waals surface area contributed by atoms with Crippen LogP contribution in [0.3, 0.4) is 0 Å². The van der Waals surface area contributed by atoms with Crippen molar-refractivity contribution in [2.75, 3.05) is 13.1 Å². The molecule has 14 heavy (non-hydrogen) atoms. The zero-order valence-electron chi connectivity index (χ0n) is 8.03. The number of hydrogen-bond donors (Lipinski definition) is 2. The highest BCUT2D eigenvalue weighted by Gasteiger charge is 2.19. The van der Waals surface area contributed by atoms with E-state index in [0.29, 0.717) is 11.8 Å². The standard InChI is InChI=1S/C10H14N2O2/c13-10(9-2-1-7-14-9)12-8-3-5-11-6-4-8/h1-2,7-8,11H,3-6H2,(H,12,13)/p+1. The van der Waals surface area contributed by atoms with E-state index < -0.39 is 0 Å². The van der Waals surface area contributed by atoms with Crippen molar-refractivity contribution in [2.45, 2.75) is 18.9 Å². The molecule has 1 saturated heterocycles. The lowest BCUT2D eigenvalue weighted by Gasteiger charge is -2.20. The monoisotopic (exact) mass is 195 g/mol. The molecule has 1 fully saturated rings. The Labute approximate surface area is 82.7 Å². The smallest absolute Gasteiger partial charge is 0.287 e. The molecule has 1 aromatic rings. The van der Waals surface area contributed by atoms with Crippen LogP contribution in [-0.4, -0.2) is 25.0 Å². The minimum Gasteiger partial charge on any atom is -0.459 e. The molecule has 1 aliphatic rings. The zero-order chi connectivity index (χ0) is 9.80. The van der Waals surface area contributed by atoms with Gasteiger partial charge >= 0.3 is 0 Å². The van der Waals surface area contributed by atoms with Crippen LogP contribution in [0, 0.1) is 0 Å². The van der Waals surface area contributed by atoms with Gasteiger partial charge in [0.15, 0.2) is 5.76 Å². The summed E-state index contributed by atoms with van der Waals surface area (Å²) in [6.07, 6.45) is 3.61. The first-order valence-electron chi connectivity index (χ1n) is 5.02. The Morgan fingerprint density at radius 3 is 2.93 bits per heavy atom. The second-order valence-electron chi connectivity index (χ2n) is 3.59. The summed E-state index contributed by atoms with van der Waals surface area (Å²) in [6, 6.07) is 3.73. The Morgan fingerprint density at radius 2 is 2.29 bits per heavy atom. The highest BCUT2D eigenvalue weighted by Crippen LogP contribution is 2.03. The molecule has 0 spiro atoms. The van der Waals surface area contributed by atoms with Gasteiger partial charge in [0.1, 0.15) is 0 Å². The quantitative estimate of drug-likeness (QED) is 0.682. The van der Waals surface area contributed by atoms with Gasteiger partial charge in [-0.1, -0.05) is 0 Å². The summed E-state index contributed by atoms with van der Waals surface area (Å²) in [7, 11) is 0. The molecule has 1 aromatic heterocycles. The fraction of sp³-hybridized carbons (Fsp3) is 0.500. The third-order valence-corrected chi connectivity index (χ3v) is 2.52. The Morgan fingerprint density at radius 1 is 1.50 bits per heavy atom. The summed E-state index contributed by atoms with van der Waals surface area (Å²) in [5.41, 5.74) is 0. The lowest BCUT2D eigenvalue weighted by molar-refractivity contribution is -0.663. The van der Waals surface area contributed by atoms with Gasteiger partial charge in [-0.3, -0.25) is 4.79 Å². The molecule has 4 heteroatoms. The van der Waals surface area contributed by atoms with Gasteiger partial charge in [0.25, 0.3) is 5.91 Å². The number of piperidine rings is 1. The number of nitrogens with one attached hydrogen (secondary N) is 1. The molecule has 2 heterocycles. The highest BCUT2D eigenvalue weighted by atomic mass is 16.3. The van der Waals surface area contributed by atoms with Crippen LogP contribution >= 0.6 is 0 Å². The molecule has 0 atom stereocenters. The van der Waals surface area contributed by atoms with Gasteiger partial charge in [0.2, 0.25) is 0 Å². The zero-order valence-corrected chi connectivity index (χ0v) is 8.03. The van der Waals surface area contributed by atoms with Gasteiger partial charge in [-0.15, -0.1) is 0 Å². The van der Waals surface area contributed by atoms with Crippen molar-refractivity contribution in [2.24, 2.45) is 0 Å². The molecule has 0 saturated carbocycles. The molecule has 0 aromatic carbocycles. The second kappa shape index (κ2) is 4.28. The van der Waals surface area contributed by atoms with Crippen molar-refractivity contribution in [3.05, 3.63) is 24.2 Å². The molecule has 4 nitrogen and oxygen atoms in total. The van der Waals surface area contributed by atoms with Crippen molar-refractivity contribution >= 4 is 5.91 Å². The SMILES string of the molecule is O=C(NC1CC[NH2+]CC1)c1ccco1. The fourth-order valence-electron chi connectivity index (χ4n) is 1.74. The molecule has 0 aliphatic carbocycles. The van der Waals surface area contributed by atoms with E-state index in [1.165, 1.54) is 6.26 Å². The highest BCUT2D eigenvalue weighted by molar-refractivity contribution is 5.91. The first kappa shape index (κ1) is 9.27. The predicted octanol–water partition coefficient (Wildman–Crippen LogP) is -0.265. The number of carbonyl (C=O) groups excluding carboxylic acids is 1. The van der Waals surface area contributed by atoms with Crippen LogP contribution < -0.4 is 10.6 Å². The summed E-state index contributed by atoms with van der Waals surface area (Å²) in [6.45, 7) is 2.20. The first-order chi connectivity index (χ1) is 6.86. The molecule has 0 bridgehead atoms. The molecule has 1 aliphatic heterocycles. The second-order valence-corrected chi connectivity index (χ2v) is 3.59. The Hall–Kier alpha value is -1.29. The van der Waals surface area contributed by atoms with E-state index in [1.807, 2.05) is 0 Å². The maximum atomic E-state index is 11.6. The third kappa shape index (κ3) is 2.14. The van der Waals surface area contributed by atoms with Crippen LogP contribution in [0.4, 0.5) is 0 Å². The topological polar surface area (TPSA) is 58.9 Å². The summed E-state index contributed by atoms with van der Waals surface area (Å²) in [4.78, 5) is 11.6. The molecule has 3 N–H and O–H groups in total. The van der Waals surface area contributed by atoms with Crippen LogP contribution in [0.2, 0.25) is 0 Å². The minimum absolute atomic E-state index is 0.0955. The Bertz CT molecular complexity index is 289. The third-order valence-electron chi connectivity index (χ3n) is 2.52. The first-order valence-corrected chi connectivity index (χ1v) is 5.02. The van der Waals surface area contributed by atoms with Crippen molar-refractivity contribution in [1.29, 1.82) is 0 Å². The molecule has 1 amide bonds. The van der Waals surface area contributed by atoms with E-state index in [9.17, 15) is 4.79 Å². The number of hydrogen-bond acceptors (Lipinski definition) is 2. The molecular formula is C10H15N2O2+. The van der Waals surface area contributed by atoms with Gasteiger partial charge in [-0.2, -0.15) is 0 Å². The Balaban J connectivity index is 1.87.